The van der Waals surface area contributed by atoms with Crippen LogP contribution in [0.3, 0.4) is 0 Å². The van der Waals surface area contributed by atoms with Gasteiger partial charge in [0.05, 0.1) is 13.5 Å². The Labute approximate surface area is 119 Å². The van der Waals surface area contributed by atoms with Crippen molar-refractivity contribution < 1.29 is 9.53 Å². The van der Waals surface area contributed by atoms with Crippen LogP contribution in [0.25, 0.3) is 0 Å². The molecule has 2 rings (SSSR count). The van der Waals surface area contributed by atoms with E-state index in [4.69, 9.17) is 5.73 Å². The van der Waals surface area contributed by atoms with E-state index in [-0.39, 0.29) is 12.0 Å². The first-order valence-corrected chi connectivity index (χ1v) is 6.64. The zero-order chi connectivity index (χ0) is 14.4. The van der Waals surface area contributed by atoms with Crippen LogP contribution in [-0.2, 0) is 22.4 Å². The number of benzene rings is 2. The predicted molar refractivity (Wildman–Crippen MR) is 79.2 cm³/mol. The molecular weight excluding hydrogens is 250 g/mol. The van der Waals surface area contributed by atoms with Gasteiger partial charge in [0.1, 0.15) is 0 Å². The molecule has 0 bridgehead atoms. The molecule has 1 atom stereocenters. The van der Waals surface area contributed by atoms with Crippen molar-refractivity contribution in [1.29, 1.82) is 0 Å². The molecular formula is C17H19NO2. The second-order valence-corrected chi connectivity index (χ2v) is 4.79. The fourth-order valence-corrected chi connectivity index (χ4v) is 2.11. The predicted octanol–water partition coefficient (Wildman–Crippen LogP) is 2.64. The van der Waals surface area contributed by atoms with E-state index in [9.17, 15) is 4.79 Å². The Balaban J connectivity index is 2.00. The number of ether oxygens (including phenoxy) is 1. The molecule has 0 amide bonds. The molecule has 104 valence electrons. The average molecular weight is 269 g/mol. The largest absolute Gasteiger partial charge is 0.469 e. The second kappa shape index (κ2) is 6.87. The summed E-state index contributed by atoms with van der Waals surface area (Å²) in [5.41, 5.74) is 9.44. The minimum Gasteiger partial charge on any atom is -0.469 e. The number of hydrogen-bond donors (Lipinski definition) is 1. The van der Waals surface area contributed by atoms with Gasteiger partial charge in [0.15, 0.2) is 0 Å². The monoisotopic (exact) mass is 269 g/mol. The van der Waals surface area contributed by atoms with Gasteiger partial charge in [0.25, 0.3) is 0 Å². The molecule has 0 aliphatic carbocycles. The standard InChI is InChI=1S/C17H19NO2/c1-20-17(19)12-14-7-9-15(10-8-14)16(18)11-13-5-3-2-4-6-13/h2-10,16H,11-12,18H2,1H3. The van der Waals surface area contributed by atoms with Crippen LogP contribution in [0.4, 0.5) is 0 Å². The van der Waals surface area contributed by atoms with Gasteiger partial charge >= 0.3 is 5.97 Å². The van der Waals surface area contributed by atoms with Crippen molar-refractivity contribution in [3.63, 3.8) is 0 Å². The van der Waals surface area contributed by atoms with Crippen molar-refractivity contribution in [2.45, 2.75) is 18.9 Å². The maximum atomic E-state index is 11.2. The lowest BCUT2D eigenvalue weighted by molar-refractivity contribution is -0.139. The minimum absolute atomic E-state index is 0.0374. The van der Waals surface area contributed by atoms with Crippen molar-refractivity contribution in [3.05, 3.63) is 71.3 Å². The van der Waals surface area contributed by atoms with Gasteiger partial charge in [-0.25, -0.2) is 0 Å². The number of esters is 1. The molecule has 0 saturated heterocycles. The van der Waals surface area contributed by atoms with Gasteiger partial charge < -0.3 is 10.5 Å². The fourth-order valence-electron chi connectivity index (χ4n) is 2.11. The highest BCUT2D eigenvalue weighted by Gasteiger charge is 2.08. The maximum Gasteiger partial charge on any atom is 0.309 e. The van der Waals surface area contributed by atoms with E-state index in [1.165, 1.54) is 12.7 Å². The first kappa shape index (κ1) is 14.3. The molecule has 0 radical (unpaired) electrons. The third kappa shape index (κ3) is 3.93. The Morgan fingerprint density at radius 3 is 2.30 bits per heavy atom. The number of carbonyl (C=O) groups is 1. The summed E-state index contributed by atoms with van der Waals surface area (Å²) in [6.45, 7) is 0. The average Bonchev–Trinajstić information content (AvgIpc) is 2.49. The normalized spacial score (nSPS) is 11.9. The summed E-state index contributed by atoms with van der Waals surface area (Å²) in [4.78, 5) is 11.2. The number of hydrogen-bond acceptors (Lipinski definition) is 3. The molecule has 0 saturated carbocycles. The van der Waals surface area contributed by atoms with Gasteiger partial charge in [-0.2, -0.15) is 0 Å². The fraction of sp³-hybridized carbons (Fsp3) is 0.235. The molecule has 2 aromatic rings. The molecule has 0 fully saturated rings. The van der Waals surface area contributed by atoms with Crippen LogP contribution in [0.15, 0.2) is 54.6 Å². The summed E-state index contributed by atoms with van der Waals surface area (Å²) < 4.78 is 4.65. The third-order valence-corrected chi connectivity index (χ3v) is 3.28. The lowest BCUT2D eigenvalue weighted by Crippen LogP contribution is -2.13. The van der Waals surface area contributed by atoms with E-state index in [0.29, 0.717) is 6.42 Å². The van der Waals surface area contributed by atoms with Crippen molar-refractivity contribution in [1.82, 2.24) is 0 Å². The van der Waals surface area contributed by atoms with Crippen LogP contribution in [0.5, 0.6) is 0 Å². The first-order chi connectivity index (χ1) is 9.69. The number of methoxy groups -OCH3 is 1. The van der Waals surface area contributed by atoms with Crippen LogP contribution >= 0.6 is 0 Å². The Kier molecular flexibility index (Phi) is 4.91. The minimum atomic E-state index is -0.230. The summed E-state index contributed by atoms with van der Waals surface area (Å²) in [5.74, 6) is -0.230. The summed E-state index contributed by atoms with van der Waals surface area (Å²) in [6, 6.07) is 18.0. The highest BCUT2D eigenvalue weighted by atomic mass is 16.5. The van der Waals surface area contributed by atoms with Crippen LogP contribution in [0.1, 0.15) is 22.7 Å². The molecule has 20 heavy (non-hydrogen) atoms. The van der Waals surface area contributed by atoms with E-state index in [1.807, 2.05) is 42.5 Å². The number of rotatable bonds is 5. The third-order valence-electron chi connectivity index (χ3n) is 3.28. The van der Waals surface area contributed by atoms with Crippen LogP contribution in [0, 0.1) is 0 Å². The molecule has 1 unspecified atom stereocenters. The van der Waals surface area contributed by atoms with Crippen LogP contribution in [-0.4, -0.2) is 13.1 Å². The van der Waals surface area contributed by atoms with Crippen LogP contribution < -0.4 is 5.73 Å². The maximum absolute atomic E-state index is 11.2. The van der Waals surface area contributed by atoms with E-state index in [1.54, 1.807) is 0 Å². The first-order valence-electron chi connectivity index (χ1n) is 6.64. The molecule has 3 heteroatoms. The van der Waals surface area contributed by atoms with Crippen molar-refractivity contribution in [2.24, 2.45) is 5.73 Å². The zero-order valence-electron chi connectivity index (χ0n) is 11.6. The van der Waals surface area contributed by atoms with Crippen molar-refractivity contribution in [3.8, 4) is 0 Å². The quantitative estimate of drug-likeness (QED) is 0.849. The van der Waals surface area contributed by atoms with Gasteiger partial charge in [-0.15, -0.1) is 0 Å². The zero-order valence-corrected chi connectivity index (χ0v) is 11.6. The Morgan fingerprint density at radius 1 is 1.05 bits per heavy atom. The Bertz CT molecular complexity index is 549. The van der Waals surface area contributed by atoms with Gasteiger partial charge in [-0.3, -0.25) is 4.79 Å². The molecule has 2 N–H and O–H groups in total. The van der Waals surface area contributed by atoms with E-state index in [0.717, 1.165) is 17.5 Å². The highest BCUT2D eigenvalue weighted by molar-refractivity contribution is 5.72. The Hall–Kier alpha value is -2.13. The second-order valence-electron chi connectivity index (χ2n) is 4.79. The molecule has 2 aromatic carbocycles. The van der Waals surface area contributed by atoms with E-state index >= 15 is 0 Å². The van der Waals surface area contributed by atoms with Crippen molar-refractivity contribution >= 4 is 5.97 Å². The van der Waals surface area contributed by atoms with Crippen molar-refractivity contribution in [2.75, 3.05) is 7.11 Å². The van der Waals surface area contributed by atoms with Gasteiger partial charge in [0.2, 0.25) is 0 Å². The molecule has 0 heterocycles. The highest BCUT2D eigenvalue weighted by Crippen LogP contribution is 2.17. The smallest absolute Gasteiger partial charge is 0.309 e. The molecule has 3 nitrogen and oxygen atoms in total. The summed E-state index contributed by atoms with van der Waals surface area (Å²) >= 11 is 0. The lowest BCUT2D eigenvalue weighted by Gasteiger charge is -2.12. The molecule has 0 aromatic heterocycles. The topological polar surface area (TPSA) is 52.3 Å². The summed E-state index contributed by atoms with van der Waals surface area (Å²) in [5, 5.41) is 0. The number of nitrogens with two attached hydrogens (primary N) is 1. The Morgan fingerprint density at radius 2 is 1.70 bits per heavy atom. The lowest BCUT2D eigenvalue weighted by atomic mass is 9.98. The molecule has 0 aliphatic rings. The van der Waals surface area contributed by atoms with Gasteiger partial charge in [-0.1, -0.05) is 54.6 Å². The summed E-state index contributed by atoms with van der Waals surface area (Å²) in [7, 11) is 1.40. The van der Waals surface area contributed by atoms with Gasteiger partial charge in [-0.05, 0) is 23.1 Å². The van der Waals surface area contributed by atoms with E-state index < -0.39 is 0 Å². The number of carbonyl (C=O) groups excluding carboxylic acids is 1. The molecule has 0 aliphatic heterocycles. The van der Waals surface area contributed by atoms with E-state index in [2.05, 4.69) is 16.9 Å². The summed E-state index contributed by atoms with van der Waals surface area (Å²) in [6.07, 6.45) is 1.10. The van der Waals surface area contributed by atoms with Crippen LogP contribution in [0.2, 0.25) is 0 Å². The van der Waals surface area contributed by atoms with Gasteiger partial charge in [0, 0.05) is 6.04 Å². The molecule has 0 spiro atoms. The SMILES string of the molecule is COC(=O)Cc1ccc(C(N)Cc2ccccc2)cc1.